The van der Waals surface area contributed by atoms with Gasteiger partial charge in [-0.05, 0) is 74.0 Å². The number of methoxy groups -OCH3 is 2. The third kappa shape index (κ3) is 5.98. The van der Waals surface area contributed by atoms with E-state index in [1.807, 2.05) is 74.5 Å². The minimum Gasteiger partial charge on any atom is -0.497 e. The predicted octanol–water partition coefficient (Wildman–Crippen LogP) is 5.44. The van der Waals surface area contributed by atoms with Gasteiger partial charge in [0, 0.05) is 16.8 Å². The second-order valence-corrected chi connectivity index (χ2v) is 9.09. The molecule has 2 aromatic carbocycles. The summed E-state index contributed by atoms with van der Waals surface area (Å²) in [5.74, 6) is 1.85. The fraction of sp³-hybridized carbons (Fsp3) is 0.222. The molecule has 1 N–H and O–H groups in total. The standard InChI is InChI=1S/C27H27N5O3S/c1-5-22(26(33)29-23-8-6-7-17(2)28-23)36-27-30-24(18-9-13-20(34-3)14-10-18)25(31-32-27)19-11-15-21(35-4)16-12-19/h6-16,22H,5H2,1-4H3,(H,28,29,33). The molecule has 4 aromatic rings. The number of carbonyl (C=O) groups is 1. The van der Waals surface area contributed by atoms with Crippen molar-refractivity contribution < 1.29 is 14.3 Å². The van der Waals surface area contributed by atoms with Gasteiger partial charge in [0.2, 0.25) is 11.1 Å². The Morgan fingerprint density at radius 3 is 2.03 bits per heavy atom. The van der Waals surface area contributed by atoms with Crippen molar-refractivity contribution in [1.82, 2.24) is 20.2 Å². The van der Waals surface area contributed by atoms with Crippen LogP contribution in [0.5, 0.6) is 11.5 Å². The molecule has 0 bridgehead atoms. The summed E-state index contributed by atoms with van der Waals surface area (Å²) in [6.45, 7) is 3.83. The third-order valence-corrected chi connectivity index (χ3v) is 6.66. The van der Waals surface area contributed by atoms with Crippen molar-refractivity contribution in [2.24, 2.45) is 0 Å². The highest BCUT2D eigenvalue weighted by Crippen LogP contribution is 2.33. The van der Waals surface area contributed by atoms with E-state index in [0.717, 1.165) is 28.3 Å². The van der Waals surface area contributed by atoms with Crippen LogP contribution in [0.2, 0.25) is 0 Å². The van der Waals surface area contributed by atoms with Gasteiger partial charge in [-0.3, -0.25) is 4.79 Å². The number of aryl methyl sites for hydroxylation is 1. The number of pyridine rings is 1. The van der Waals surface area contributed by atoms with Gasteiger partial charge in [0.15, 0.2) is 0 Å². The number of nitrogens with one attached hydrogen (secondary N) is 1. The minimum absolute atomic E-state index is 0.158. The van der Waals surface area contributed by atoms with Crippen molar-refractivity contribution >= 4 is 23.5 Å². The summed E-state index contributed by atoms with van der Waals surface area (Å²) in [6, 6.07) is 20.7. The van der Waals surface area contributed by atoms with Crippen LogP contribution >= 0.6 is 11.8 Å². The van der Waals surface area contributed by atoms with E-state index in [1.54, 1.807) is 20.3 Å². The van der Waals surface area contributed by atoms with E-state index < -0.39 is 5.25 Å². The first-order valence-electron chi connectivity index (χ1n) is 11.5. The molecule has 2 aromatic heterocycles. The van der Waals surface area contributed by atoms with Crippen LogP contribution in [-0.2, 0) is 4.79 Å². The number of amides is 1. The Hall–Kier alpha value is -3.98. The molecule has 0 saturated heterocycles. The SMILES string of the molecule is CCC(Sc1nnc(-c2ccc(OC)cc2)c(-c2ccc(OC)cc2)n1)C(=O)Nc1cccc(C)n1. The summed E-state index contributed by atoms with van der Waals surface area (Å²) in [5.41, 5.74) is 3.84. The van der Waals surface area contributed by atoms with Crippen molar-refractivity contribution in [3.05, 3.63) is 72.4 Å². The summed E-state index contributed by atoms with van der Waals surface area (Å²) >= 11 is 1.28. The average Bonchev–Trinajstić information content (AvgIpc) is 2.91. The zero-order valence-corrected chi connectivity index (χ0v) is 21.4. The van der Waals surface area contributed by atoms with Gasteiger partial charge >= 0.3 is 0 Å². The van der Waals surface area contributed by atoms with Crippen molar-refractivity contribution in [3.63, 3.8) is 0 Å². The zero-order chi connectivity index (χ0) is 25.5. The van der Waals surface area contributed by atoms with Gasteiger partial charge in [-0.2, -0.15) is 0 Å². The van der Waals surface area contributed by atoms with Crippen LogP contribution in [0.3, 0.4) is 0 Å². The van der Waals surface area contributed by atoms with Crippen LogP contribution in [0.25, 0.3) is 22.5 Å². The van der Waals surface area contributed by atoms with Crippen LogP contribution < -0.4 is 14.8 Å². The largest absolute Gasteiger partial charge is 0.497 e. The Morgan fingerprint density at radius 2 is 1.47 bits per heavy atom. The maximum atomic E-state index is 13.0. The quantitative estimate of drug-likeness (QED) is 0.303. The number of thioether (sulfide) groups is 1. The van der Waals surface area contributed by atoms with Crippen LogP contribution in [-0.4, -0.2) is 45.5 Å². The molecule has 1 unspecified atom stereocenters. The molecule has 0 aliphatic carbocycles. The Bertz CT molecular complexity index is 1330. The maximum Gasteiger partial charge on any atom is 0.239 e. The summed E-state index contributed by atoms with van der Waals surface area (Å²) in [7, 11) is 3.25. The Labute approximate surface area is 214 Å². The van der Waals surface area contributed by atoms with E-state index in [9.17, 15) is 4.79 Å². The topological polar surface area (TPSA) is 99.1 Å². The molecule has 0 saturated carbocycles. The summed E-state index contributed by atoms with van der Waals surface area (Å²) in [6.07, 6.45) is 0.587. The van der Waals surface area contributed by atoms with Gasteiger partial charge in [0.25, 0.3) is 0 Å². The number of nitrogens with zero attached hydrogens (tertiary/aromatic N) is 4. The van der Waals surface area contributed by atoms with Crippen molar-refractivity contribution in [1.29, 1.82) is 0 Å². The highest BCUT2D eigenvalue weighted by atomic mass is 32.2. The number of anilines is 1. The number of carbonyl (C=O) groups excluding carboxylic acids is 1. The second-order valence-electron chi connectivity index (χ2n) is 7.92. The number of hydrogen-bond donors (Lipinski definition) is 1. The van der Waals surface area contributed by atoms with E-state index in [1.165, 1.54) is 11.8 Å². The molecule has 0 spiro atoms. The van der Waals surface area contributed by atoms with E-state index in [0.29, 0.717) is 28.8 Å². The van der Waals surface area contributed by atoms with Gasteiger partial charge in [-0.15, -0.1) is 10.2 Å². The number of benzene rings is 2. The molecular weight excluding hydrogens is 474 g/mol. The molecule has 9 heteroatoms. The second kappa shape index (κ2) is 11.6. The molecule has 0 aliphatic rings. The predicted molar refractivity (Wildman–Crippen MR) is 141 cm³/mol. The first kappa shape index (κ1) is 25.1. The van der Waals surface area contributed by atoms with Crippen LogP contribution in [0.1, 0.15) is 19.0 Å². The Kier molecular flexibility index (Phi) is 8.12. The third-order valence-electron chi connectivity index (χ3n) is 5.44. The molecule has 1 amide bonds. The lowest BCUT2D eigenvalue weighted by Crippen LogP contribution is -2.25. The number of rotatable bonds is 9. The van der Waals surface area contributed by atoms with Gasteiger partial charge in [-0.1, -0.05) is 24.8 Å². The fourth-order valence-corrected chi connectivity index (χ4v) is 4.34. The van der Waals surface area contributed by atoms with Crippen molar-refractivity contribution in [2.45, 2.75) is 30.7 Å². The van der Waals surface area contributed by atoms with Crippen LogP contribution in [0, 0.1) is 6.92 Å². The van der Waals surface area contributed by atoms with Crippen molar-refractivity contribution in [3.8, 4) is 34.0 Å². The monoisotopic (exact) mass is 501 g/mol. The average molecular weight is 502 g/mol. The summed E-state index contributed by atoms with van der Waals surface area (Å²) in [4.78, 5) is 22.1. The first-order valence-corrected chi connectivity index (χ1v) is 12.3. The molecule has 4 rings (SSSR count). The molecule has 8 nitrogen and oxygen atoms in total. The molecule has 1 atom stereocenters. The van der Waals surface area contributed by atoms with Gasteiger partial charge in [0.1, 0.15) is 28.7 Å². The first-order chi connectivity index (χ1) is 17.5. The number of hydrogen-bond acceptors (Lipinski definition) is 8. The summed E-state index contributed by atoms with van der Waals surface area (Å²) in [5, 5.41) is 11.8. The van der Waals surface area contributed by atoms with E-state index in [2.05, 4.69) is 20.5 Å². The molecule has 0 radical (unpaired) electrons. The Morgan fingerprint density at radius 1 is 0.861 bits per heavy atom. The lowest BCUT2D eigenvalue weighted by Gasteiger charge is -2.15. The van der Waals surface area contributed by atoms with Crippen LogP contribution in [0.4, 0.5) is 5.82 Å². The zero-order valence-electron chi connectivity index (χ0n) is 20.6. The van der Waals surface area contributed by atoms with Gasteiger partial charge in [0.05, 0.1) is 19.5 Å². The van der Waals surface area contributed by atoms with Crippen molar-refractivity contribution in [2.75, 3.05) is 19.5 Å². The van der Waals surface area contributed by atoms with Crippen LogP contribution in [0.15, 0.2) is 71.9 Å². The van der Waals surface area contributed by atoms with E-state index >= 15 is 0 Å². The normalized spacial score (nSPS) is 11.6. The molecule has 0 aliphatic heterocycles. The smallest absolute Gasteiger partial charge is 0.239 e. The maximum absolute atomic E-state index is 13.0. The van der Waals surface area contributed by atoms with E-state index in [-0.39, 0.29) is 5.91 Å². The molecule has 184 valence electrons. The van der Waals surface area contributed by atoms with Gasteiger partial charge < -0.3 is 14.8 Å². The highest BCUT2D eigenvalue weighted by Gasteiger charge is 2.22. The molecule has 2 heterocycles. The highest BCUT2D eigenvalue weighted by molar-refractivity contribution is 8.00. The molecule has 0 fully saturated rings. The lowest BCUT2D eigenvalue weighted by atomic mass is 10.0. The Balaban J connectivity index is 1.65. The van der Waals surface area contributed by atoms with E-state index in [4.69, 9.17) is 14.5 Å². The van der Waals surface area contributed by atoms with Gasteiger partial charge in [-0.25, -0.2) is 9.97 Å². The minimum atomic E-state index is -0.412. The number of aromatic nitrogens is 4. The summed E-state index contributed by atoms with van der Waals surface area (Å²) < 4.78 is 10.6. The molecular formula is C27H27N5O3S. The number of ether oxygens (including phenoxy) is 2. The molecule has 36 heavy (non-hydrogen) atoms. The lowest BCUT2D eigenvalue weighted by molar-refractivity contribution is -0.115. The fourth-order valence-electron chi connectivity index (χ4n) is 3.52.